The third-order valence-electron chi connectivity index (χ3n) is 2.36. The van der Waals surface area contributed by atoms with Gasteiger partial charge in [-0.3, -0.25) is 4.79 Å². The lowest BCUT2D eigenvalue weighted by Gasteiger charge is -2.20. The van der Waals surface area contributed by atoms with Gasteiger partial charge in [0.25, 0.3) is 0 Å². The van der Waals surface area contributed by atoms with Gasteiger partial charge in [0, 0.05) is 40.2 Å². The summed E-state index contributed by atoms with van der Waals surface area (Å²) in [4.78, 5) is 12.0. The molecule has 82 valence electrons. The van der Waals surface area contributed by atoms with Crippen molar-refractivity contribution in [1.82, 2.24) is 4.90 Å². The van der Waals surface area contributed by atoms with Crippen molar-refractivity contribution >= 4 is 6.41 Å². The summed E-state index contributed by atoms with van der Waals surface area (Å²) in [5, 5.41) is 0. The standard InChI is InChI=1S/C9H17NO4/c1-10(6-11)5-7-4-8(12-2)14-9(7)13-3/h6-9H,4-5H2,1-3H3. The van der Waals surface area contributed by atoms with Gasteiger partial charge < -0.3 is 19.1 Å². The van der Waals surface area contributed by atoms with Gasteiger partial charge in [0.05, 0.1) is 0 Å². The van der Waals surface area contributed by atoms with Crippen molar-refractivity contribution in [3.8, 4) is 0 Å². The van der Waals surface area contributed by atoms with E-state index in [2.05, 4.69) is 0 Å². The summed E-state index contributed by atoms with van der Waals surface area (Å²) >= 11 is 0. The zero-order valence-corrected chi connectivity index (χ0v) is 8.80. The van der Waals surface area contributed by atoms with Crippen molar-refractivity contribution in [3.05, 3.63) is 0 Å². The van der Waals surface area contributed by atoms with E-state index < -0.39 is 0 Å². The highest BCUT2D eigenvalue weighted by atomic mass is 16.8. The minimum atomic E-state index is -0.276. The molecule has 5 nitrogen and oxygen atoms in total. The van der Waals surface area contributed by atoms with Crippen LogP contribution in [0.25, 0.3) is 0 Å². The summed E-state index contributed by atoms with van der Waals surface area (Å²) < 4.78 is 15.7. The smallest absolute Gasteiger partial charge is 0.209 e. The predicted octanol–water partition coefficient (Wildman–Crippen LogP) is 0.0561. The lowest BCUT2D eigenvalue weighted by atomic mass is 10.1. The summed E-state index contributed by atoms with van der Waals surface area (Å²) in [6.07, 6.45) is 1.06. The molecule has 0 aromatic carbocycles. The first-order valence-electron chi connectivity index (χ1n) is 4.57. The average molecular weight is 203 g/mol. The van der Waals surface area contributed by atoms with Crippen molar-refractivity contribution in [1.29, 1.82) is 0 Å². The van der Waals surface area contributed by atoms with Gasteiger partial charge in [-0.05, 0) is 0 Å². The van der Waals surface area contributed by atoms with E-state index in [1.165, 1.54) is 0 Å². The minimum Gasteiger partial charge on any atom is -0.356 e. The molecule has 0 N–H and O–H groups in total. The van der Waals surface area contributed by atoms with Gasteiger partial charge in [0.2, 0.25) is 6.41 Å². The molecule has 0 spiro atoms. The monoisotopic (exact) mass is 203 g/mol. The van der Waals surface area contributed by atoms with Gasteiger partial charge >= 0.3 is 0 Å². The molecule has 14 heavy (non-hydrogen) atoms. The number of carbonyl (C=O) groups is 1. The Morgan fingerprint density at radius 2 is 2.21 bits per heavy atom. The maximum atomic E-state index is 10.5. The van der Waals surface area contributed by atoms with Crippen LogP contribution in [0.3, 0.4) is 0 Å². The largest absolute Gasteiger partial charge is 0.356 e. The van der Waals surface area contributed by atoms with E-state index >= 15 is 0 Å². The summed E-state index contributed by atoms with van der Waals surface area (Å²) in [7, 11) is 4.93. The second-order valence-corrected chi connectivity index (χ2v) is 3.45. The molecule has 3 atom stereocenters. The molecule has 1 saturated heterocycles. The Morgan fingerprint density at radius 3 is 2.71 bits per heavy atom. The molecule has 1 amide bonds. The van der Waals surface area contributed by atoms with Crippen LogP contribution in [0.5, 0.6) is 0 Å². The molecule has 1 rings (SSSR count). The Kier molecular flexibility index (Phi) is 4.31. The third kappa shape index (κ3) is 2.67. The first-order valence-corrected chi connectivity index (χ1v) is 4.57. The zero-order valence-electron chi connectivity index (χ0n) is 8.80. The second kappa shape index (κ2) is 5.29. The van der Waals surface area contributed by atoms with Crippen LogP contribution in [0.4, 0.5) is 0 Å². The number of amides is 1. The number of rotatable bonds is 5. The first kappa shape index (κ1) is 11.4. The summed E-state index contributed by atoms with van der Waals surface area (Å²) in [5.74, 6) is 0.181. The molecule has 0 radical (unpaired) electrons. The van der Waals surface area contributed by atoms with Crippen LogP contribution in [-0.2, 0) is 19.0 Å². The zero-order chi connectivity index (χ0) is 10.6. The van der Waals surface area contributed by atoms with Crippen molar-refractivity contribution in [3.63, 3.8) is 0 Å². The topological polar surface area (TPSA) is 48.0 Å². The van der Waals surface area contributed by atoms with Crippen LogP contribution in [-0.4, -0.2) is 51.7 Å². The van der Waals surface area contributed by atoms with Crippen molar-refractivity contribution in [2.75, 3.05) is 27.8 Å². The van der Waals surface area contributed by atoms with Gasteiger partial charge in [0.1, 0.15) is 0 Å². The molecule has 0 bridgehead atoms. The van der Waals surface area contributed by atoms with E-state index in [1.54, 1.807) is 26.2 Å². The number of hydrogen-bond acceptors (Lipinski definition) is 4. The number of hydrogen-bond donors (Lipinski definition) is 0. The van der Waals surface area contributed by atoms with Crippen LogP contribution in [0.2, 0.25) is 0 Å². The molecule has 0 aromatic heterocycles. The van der Waals surface area contributed by atoms with Crippen molar-refractivity contribution in [2.45, 2.75) is 19.0 Å². The highest BCUT2D eigenvalue weighted by molar-refractivity contribution is 5.46. The lowest BCUT2D eigenvalue weighted by molar-refractivity contribution is -0.193. The molecule has 0 saturated carbocycles. The van der Waals surface area contributed by atoms with Crippen molar-refractivity contribution < 1.29 is 19.0 Å². The SMILES string of the molecule is COC1CC(CN(C)C=O)C(OC)O1. The van der Waals surface area contributed by atoms with Gasteiger partial charge in [-0.1, -0.05) is 0 Å². The van der Waals surface area contributed by atoms with Gasteiger partial charge in [-0.25, -0.2) is 0 Å². The second-order valence-electron chi connectivity index (χ2n) is 3.45. The third-order valence-corrected chi connectivity index (χ3v) is 2.36. The molecule has 1 fully saturated rings. The minimum absolute atomic E-state index is 0.181. The average Bonchev–Trinajstić information content (AvgIpc) is 2.60. The fraction of sp³-hybridized carbons (Fsp3) is 0.889. The first-order chi connectivity index (χ1) is 6.71. The molecular weight excluding hydrogens is 186 g/mol. The van der Waals surface area contributed by atoms with Crippen LogP contribution >= 0.6 is 0 Å². The van der Waals surface area contributed by atoms with Gasteiger partial charge in [0.15, 0.2) is 12.6 Å². The summed E-state index contributed by atoms with van der Waals surface area (Å²) in [6, 6.07) is 0. The Labute approximate surface area is 83.9 Å². The van der Waals surface area contributed by atoms with E-state index in [9.17, 15) is 4.79 Å². The fourth-order valence-electron chi connectivity index (χ4n) is 1.65. The van der Waals surface area contributed by atoms with Crippen LogP contribution in [0.1, 0.15) is 6.42 Å². The number of nitrogens with zero attached hydrogens (tertiary/aromatic N) is 1. The Bertz CT molecular complexity index is 188. The van der Waals surface area contributed by atoms with E-state index in [4.69, 9.17) is 14.2 Å². The Balaban J connectivity index is 2.46. The molecule has 1 heterocycles. The molecule has 0 aromatic rings. The van der Waals surface area contributed by atoms with E-state index in [0.717, 1.165) is 12.8 Å². The normalized spacial score (nSPS) is 31.8. The fourth-order valence-corrected chi connectivity index (χ4v) is 1.65. The lowest BCUT2D eigenvalue weighted by Crippen LogP contribution is -2.30. The van der Waals surface area contributed by atoms with Crippen LogP contribution in [0.15, 0.2) is 0 Å². The van der Waals surface area contributed by atoms with Crippen molar-refractivity contribution in [2.24, 2.45) is 5.92 Å². The predicted molar refractivity (Wildman–Crippen MR) is 49.5 cm³/mol. The van der Waals surface area contributed by atoms with Gasteiger partial charge in [-0.15, -0.1) is 0 Å². The van der Waals surface area contributed by atoms with Crippen LogP contribution < -0.4 is 0 Å². The maximum absolute atomic E-state index is 10.5. The van der Waals surface area contributed by atoms with E-state index in [0.29, 0.717) is 6.54 Å². The highest BCUT2D eigenvalue weighted by Crippen LogP contribution is 2.27. The highest BCUT2D eigenvalue weighted by Gasteiger charge is 2.35. The van der Waals surface area contributed by atoms with E-state index in [1.807, 2.05) is 0 Å². The molecule has 3 unspecified atom stereocenters. The number of carbonyl (C=O) groups excluding carboxylic acids is 1. The Hall–Kier alpha value is -0.650. The summed E-state index contributed by atoms with van der Waals surface area (Å²) in [6.45, 7) is 0.627. The number of ether oxygens (including phenoxy) is 3. The van der Waals surface area contributed by atoms with Crippen LogP contribution in [0, 0.1) is 5.92 Å². The molecule has 5 heteroatoms. The molecule has 1 aliphatic heterocycles. The quantitative estimate of drug-likeness (QED) is 0.593. The summed E-state index contributed by atoms with van der Waals surface area (Å²) in [5.41, 5.74) is 0. The van der Waals surface area contributed by atoms with Gasteiger partial charge in [-0.2, -0.15) is 0 Å². The number of methoxy groups -OCH3 is 2. The molecule has 1 aliphatic rings. The Morgan fingerprint density at radius 1 is 1.50 bits per heavy atom. The maximum Gasteiger partial charge on any atom is 0.209 e. The molecular formula is C9H17NO4. The van der Waals surface area contributed by atoms with E-state index in [-0.39, 0.29) is 18.5 Å². The molecule has 0 aliphatic carbocycles.